The normalized spacial score (nSPS) is 12.5. The molecule has 4 aromatic rings. The molecular formula is C30H28N2O5. The molecule has 2 unspecified atom stereocenters. The van der Waals surface area contributed by atoms with Gasteiger partial charge in [-0.15, -0.1) is 0 Å². The molecule has 188 valence electrons. The van der Waals surface area contributed by atoms with Crippen LogP contribution in [0.2, 0.25) is 0 Å². The Bertz CT molecular complexity index is 1190. The second-order valence-corrected chi connectivity index (χ2v) is 9.01. The van der Waals surface area contributed by atoms with E-state index in [1.165, 1.54) is 24.3 Å². The molecule has 7 heteroatoms. The Hall–Kier alpha value is -4.36. The Labute approximate surface area is 215 Å². The molecule has 0 saturated carbocycles. The Morgan fingerprint density at radius 3 is 1.22 bits per heavy atom. The van der Waals surface area contributed by atoms with Crippen LogP contribution in [0.1, 0.15) is 34.1 Å². The number of hydrogen-bond donors (Lipinski definition) is 0. The van der Waals surface area contributed by atoms with E-state index in [4.69, 9.17) is 4.74 Å². The first kappa shape index (κ1) is 25.7. The largest absolute Gasteiger partial charge is 0.380 e. The molecule has 4 rings (SSSR count). The highest BCUT2D eigenvalue weighted by molar-refractivity contribution is 5.35. The van der Waals surface area contributed by atoms with Gasteiger partial charge in [0.2, 0.25) is 0 Å². The molecule has 37 heavy (non-hydrogen) atoms. The molecule has 0 amide bonds. The lowest BCUT2D eigenvalue weighted by Gasteiger charge is -2.22. The number of non-ortho nitro benzene ring substituents is 2. The van der Waals surface area contributed by atoms with Gasteiger partial charge in [0, 0.05) is 36.1 Å². The summed E-state index contributed by atoms with van der Waals surface area (Å²) in [6.45, 7) is 0.981. The molecule has 0 fully saturated rings. The lowest BCUT2D eigenvalue weighted by molar-refractivity contribution is -0.385. The molecule has 0 heterocycles. The fourth-order valence-corrected chi connectivity index (χ4v) is 4.43. The molecule has 7 nitrogen and oxygen atoms in total. The summed E-state index contributed by atoms with van der Waals surface area (Å²) in [4.78, 5) is 21.2. The number of nitrogens with zero attached hydrogens (tertiary/aromatic N) is 2. The van der Waals surface area contributed by atoms with E-state index in [1.807, 2.05) is 36.4 Å². The third kappa shape index (κ3) is 7.32. The van der Waals surface area contributed by atoms with Gasteiger partial charge in [0.05, 0.1) is 23.1 Å². The Morgan fingerprint density at radius 2 is 0.892 bits per heavy atom. The zero-order valence-electron chi connectivity index (χ0n) is 20.3. The summed E-state index contributed by atoms with van der Waals surface area (Å²) in [5, 5.41) is 22.0. The molecule has 0 bridgehead atoms. The van der Waals surface area contributed by atoms with Gasteiger partial charge in [-0.05, 0) is 35.1 Å². The third-order valence-corrected chi connectivity index (χ3v) is 6.44. The van der Waals surface area contributed by atoms with Gasteiger partial charge in [-0.25, -0.2) is 0 Å². The summed E-state index contributed by atoms with van der Waals surface area (Å²) in [5.41, 5.74) is 4.46. The predicted octanol–water partition coefficient (Wildman–Crippen LogP) is 6.87. The monoisotopic (exact) mass is 496 g/mol. The van der Waals surface area contributed by atoms with Crippen LogP contribution in [0.3, 0.4) is 0 Å². The molecule has 0 aliphatic rings. The van der Waals surface area contributed by atoms with Crippen LogP contribution in [0, 0.1) is 20.2 Å². The summed E-state index contributed by atoms with van der Waals surface area (Å²) in [6.07, 6.45) is 1.39. The minimum absolute atomic E-state index is 0.0770. The van der Waals surface area contributed by atoms with E-state index in [9.17, 15) is 20.2 Å². The molecule has 0 aromatic heterocycles. The van der Waals surface area contributed by atoms with Crippen LogP contribution in [0.15, 0.2) is 109 Å². The maximum absolute atomic E-state index is 11.0. The van der Waals surface area contributed by atoms with Crippen molar-refractivity contribution in [1.82, 2.24) is 0 Å². The van der Waals surface area contributed by atoms with E-state index < -0.39 is 9.85 Å². The first-order valence-electron chi connectivity index (χ1n) is 12.1. The van der Waals surface area contributed by atoms with Crippen molar-refractivity contribution in [3.8, 4) is 0 Å². The molecule has 0 saturated heterocycles. The topological polar surface area (TPSA) is 95.5 Å². The summed E-state index contributed by atoms with van der Waals surface area (Å²) in [7, 11) is 0. The maximum atomic E-state index is 11.0. The lowest BCUT2D eigenvalue weighted by atomic mass is 9.91. The van der Waals surface area contributed by atoms with Gasteiger partial charge >= 0.3 is 0 Å². The van der Waals surface area contributed by atoms with Gasteiger partial charge < -0.3 is 4.74 Å². The first-order valence-corrected chi connectivity index (χ1v) is 12.1. The fraction of sp³-hybridized carbons (Fsp3) is 0.200. The molecular weight excluding hydrogens is 468 g/mol. The van der Waals surface area contributed by atoms with E-state index in [0.717, 1.165) is 22.3 Å². The number of nitro groups is 2. The van der Waals surface area contributed by atoms with Crippen LogP contribution in [0.25, 0.3) is 0 Å². The van der Waals surface area contributed by atoms with Crippen molar-refractivity contribution in [2.45, 2.75) is 24.7 Å². The molecule has 2 atom stereocenters. The minimum Gasteiger partial charge on any atom is -0.380 e. The van der Waals surface area contributed by atoms with Crippen LogP contribution in [-0.4, -0.2) is 23.1 Å². The van der Waals surface area contributed by atoms with Gasteiger partial charge in [0.15, 0.2) is 0 Å². The van der Waals surface area contributed by atoms with Gasteiger partial charge in [-0.1, -0.05) is 84.9 Å². The maximum Gasteiger partial charge on any atom is 0.269 e. The van der Waals surface area contributed by atoms with E-state index in [2.05, 4.69) is 24.3 Å². The zero-order chi connectivity index (χ0) is 26.0. The van der Waals surface area contributed by atoms with Crippen molar-refractivity contribution in [3.63, 3.8) is 0 Å². The SMILES string of the molecule is O=[N+]([O-])c1ccc(CC(COCC(Cc2ccc([N+](=O)[O-])cc2)c2ccccc2)c2ccccc2)cc1. The van der Waals surface area contributed by atoms with Crippen molar-refractivity contribution in [2.24, 2.45) is 0 Å². The van der Waals surface area contributed by atoms with Crippen LogP contribution < -0.4 is 0 Å². The lowest BCUT2D eigenvalue weighted by Crippen LogP contribution is -2.16. The highest BCUT2D eigenvalue weighted by Crippen LogP contribution is 2.26. The molecule has 0 aliphatic carbocycles. The Balaban J connectivity index is 1.47. The van der Waals surface area contributed by atoms with E-state index >= 15 is 0 Å². The van der Waals surface area contributed by atoms with Crippen molar-refractivity contribution in [2.75, 3.05) is 13.2 Å². The average Bonchev–Trinajstić information content (AvgIpc) is 2.93. The molecule has 4 aromatic carbocycles. The highest BCUT2D eigenvalue weighted by atomic mass is 16.6. The van der Waals surface area contributed by atoms with Crippen molar-refractivity contribution >= 4 is 11.4 Å². The van der Waals surface area contributed by atoms with E-state index in [0.29, 0.717) is 26.1 Å². The van der Waals surface area contributed by atoms with Crippen molar-refractivity contribution < 1.29 is 14.6 Å². The molecule has 0 spiro atoms. The standard InChI is InChI=1S/C30H28N2O5/c33-31(34)29-15-11-23(12-16-29)19-27(25-7-3-1-4-8-25)21-37-22-28(26-9-5-2-6-10-26)20-24-13-17-30(18-14-24)32(35)36/h1-18,27-28H,19-22H2. The third-order valence-electron chi connectivity index (χ3n) is 6.44. The van der Waals surface area contributed by atoms with Gasteiger partial charge in [0.25, 0.3) is 11.4 Å². The molecule has 0 N–H and O–H groups in total. The number of ether oxygens (including phenoxy) is 1. The average molecular weight is 497 g/mol. The Morgan fingerprint density at radius 1 is 0.541 bits per heavy atom. The smallest absolute Gasteiger partial charge is 0.269 e. The number of hydrogen-bond acceptors (Lipinski definition) is 5. The highest BCUT2D eigenvalue weighted by Gasteiger charge is 2.18. The first-order chi connectivity index (χ1) is 18.0. The van der Waals surface area contributed by atoms with E-state index in [1.54, 1.807) is 24.3 Å². The van der Waals surface area contributed by atoms with Crippen LogP contribution >= 0.6 is 0 Å². The summed E-state index contributed by atoms with van der Waals surface area (Å²) >= 11 is 0. The number of benzene rings is 4. The molecule has 0 aliphatic heterocycles. The van der Waals surface area contributed by atoms with Gasteiger partial charge in [-0.3, -0.25) is 20.2 Å². The number of nitro benzene ring substituents is 2. The predicted molar refractivity (Wildman–Crippen MR) is 143 cm³/mol. The van der Waals surface area contributed by atoms with Crippen LogP contribution in [0.4, 0.5) is 11.4 Å². The summed E-state index contributed by atoms with van der Waals surface area (Å²) < 4.78 is 6.32. The molecule has 0 radical (unpaired) electrons. The van der Waals surface area contributed by atoms with Crippen LogP contribution in [-0.2, 0) is 17.6 Å². The van der Waals surface area contributed by atoms with Crippen molar-refractivity contribution in [3.05, 3.63) is 152 Å². The van der Waals surface area contributed by atoms with Gasteiger partial charge in [-0.2, -0.15) is 0 Å². The summed E-state index contributed by atoms with van der Waals surface area (Å²) in [5.74, 6) is 0.164. The fourth-order valence-electron chi connectivity index (χ4n) is 4.43. The number of rotatable bonds is 12. The van der Waals surface area contributed by atoms with Crippen LogP contribution in [0.5, 0.6) is 0 Å². The zero-order valence-corrected chi connectivity index (χ0v) is 20.3. The quantitative estimate of drug-likeness (QED) is 0.157. The minimum atomic E-state index is -0.393. The van der Waals surface area contributed by atoms with Crippen molar-refractivity contribution in [1.29, 1.82) is 0 Å². The summed E-state index contributed by atoms with van der Waals surface area (Å²) in [6, 6.07) is 33.6. The second-order valence-electron chi connectivity index (χ2n) is 9.01. The Kier molecular flexibility index (Phi) is 8.73. The van der Waals surface area contributed by atoms with Gasteiger partial charge in [0.1, 0.15) is 0 Å². The van der Waals surface area contributed by atoms with E-state index in [-0.39, 0.29) is 23.2 Å². The second kappa shape index (κ2) is 12.6.